The van der Waals surface area contributed by atoms with E-state index in [4.69, 9.17) is 0 Å². The van der Waals surface area contributed by atoms with Gasteiger partial charge >= 0.3 is 0 Å². The molecule has 2 amide bonds. The van der Waals surface area contributed by atoms with Crippen molar-refractivity contribution in [1.29, 1.82) is 0 Å². The largest absolute Gasteiger partial charge is 0.362 e. The molecule has 2 aliphatic rings. The molecule has 0 unspecified atom stereocenters. The molecule has 1 heterocycles. The highest BCUT2D eigenvalue weighted by atomic mass is 16.2. The van der Waals surface area contributed by atoms with Crippen LogP contribution >= 0.6 is 0 Å². The molecular weight excluding hydrogens is 452 g/mol. The zero-order valence-electron chi connectivity index (χ0n) is 21.8. The van der Waals surface area contributed by atoms with E-state index in [1.54, 1.807) is 0 Å². The SMILES string of the molecule is Cc1cnc(NC2CCC(C(=O)NCc3cccc(NC(=O)C4CCCCC4)c3)CC2)nc1N(C)C. The van der Waals surface area contributed by atoms with Gasteiger partial charge in [0, 0.05) is 56.0 Å². The summed E-state index contributed by atoms with van der Waals surface area (Å²) in [4.78, 5) is 36.4. The van der Waals surface area contributed by atoms with Gasteiger partial charge < -0.3 is 20.9 Å². The van der Waals surface area contributed by atoms with Crippen LogP contribution in [0, 0.1) is 18.8 Å². The Kier molecular flexibility index (Phi) is 8.78. The average molecular weight is 493 g/mol. The van der Waals surface area contributed by atoms with Gasteiger partial charge in [-0.2, -0.15) is 4.98 Å². The van der Waals surface area contributed by atoms with Gasteiger partial charge in [-0.3, -0.25) is 9.59 Å². The minimum Gasteiger partial charge on any atom is -0.362 e. The molecule has 2 aromatic rings. The number of aromatic nitrogens is 2. The van der Waals surface area contributed by atoms with Crippen LogP contribution in [0.2, 0.25) is 0 Å². The number of hydrogen-bond acceptors (Lipinski definition) is 6. The number of anilines is 3. The first-order chi connectivity index (χ1) is 17.4. The highest BCUT2D eigenvalue weighted by Gasteiger charge is 2.27. The molecule has 4 rings (SSSR count). The molecule has 0 spiro atoms. The maximum atomic E-state index is 12.8. The summed E-state index contributed by atoms with van der Waals surface area (Å²) in [5.74, 6) is 1.93. The maximum Gasteiger partial charge on any atom is 0.227 e. The molecule has 0 bridgehead atoms. The molecule has 3 N–H and O–H groups in total. The predicted octanol–water partition coefficient (Wildman–Crippen LogP) is 4.66. The van der Waals surface area contributed by atoms with Crippen LogP contribution in [0.4, 0.5) is 17.5 Å². The Bertz CT molecular complexity index is 1040. The molecule has 1 aromatic carbocycles. The van der Waals surface area contributed by atoms with Crippen LogP contribution in [-0.2, 0) is 16.1 Å². The van der Waals surface area contributed by atoms with Crippen LogP contribution < -0.4 is 20.9 Å². The molecule has 36 heavy (non-hydrogen) atoms. The third-order valence-corrected chi connectivity index (χ3v) is 7.44. The Hall–Kier alpha value is -3.16. The monoisotopic (exact) mass is 492 g/mol. The summed E-state index contributed by atoms with van der Waals surface area (Å²) in [5, 5.41) is 9.62. The first kappa shape index (κ1) is 25.9. The summed E-state index contributed by atoms with van der Waals surface area (Å²) < 4.78 is 0. The summed E-state index contributed by atoms with van der Waals surface area (Å²) in [5.41, 5.74) is 2.84. The highest BCUT2D eigenvalue weighted by molar-refractivity contribution is 5.92. The fourth-order valence-corrected chi connectivity index (χ4v) is 5.34. The van der Waals surface area contributed by atoms with Gasteiger partial charge in [0.05, 0.1) is 0 Å². The first-order valence-corrected chi connectivity index (χ1v) is 13.3. The van der Waals surface area contributed by atoms with Crippen molar-refractivity contribution in [2.24, 2.45) is 11.8 Å². The molecule has 194 valence electrons. The smallest absolute Gasteiger partial charge is 0.227 e. The minimum atomic E-state index is 0.0218. The molecule has 8 heteroatoms. The molecule has 2 fully saturated rings. The van der Waals surface area contributed by atoms with Crippen molar-refractivity contribution in [2.75, 3.05) is 29.6 Å². The molecule has 2 saturated carbocycles. The Morgan fingerprint density at radius 3 is 2.42 bits per heavy atom. The van der Waals surface area contributed by atoms with E-state index in [1.807, 2.05) is 56.4 Å². The third kappa shape index (κ3) is 6.95. The second-order valence-electron chi connectivity index (χ2n) is 10.5. The van der Waals surface area contributed by atoms with E-state index in [0.717, 1.165) is 74.0 Å². The van der Waals surface area contributed by atoms with Crippen molar-refractivity contribution in [3.8, 4) is 0 Å². The quantitative estimate of drug-likeness (QED) is 0.496. The normalized spacial score (nSPS) is 20.4. The van der Waals surface area contributed by atoms with E-state index in [0.29, 0.717) is 12.5 Å². The third-order valence-electron chi connectivity index (χ3n) is 7.44. The number of amides is 2. The Labute approximate surface area is 214 Å². The molecule has 0 aliphatic heterocycles. The standard InChI is InChI=1S/C28H40N6O2/c1-19-17-30-28(33-25(19)34(2)3)32-23-14-12-22(13-15-23)26(35)29-18-20-8-7-11-24(16-20)31-27(36)21-9-5-4-6-10-21/h7-8,11,16-17,21-23H,4-6,9-10,12-15,18H2,1-3H3,(H,29,35)(H,31,36)(H,30,32,33). The van der Waals surface area contributed by atoms with Gasteiger partial charge in [0.1, 0.15) is 5.82 Å². The number of rotatable bonds is 8. The van der Waals surface area contributed by atoms with Gasteiger partial charge in [0.15, 0.2) is 0 Å². The minimum absolute atomic E-state index is 0.0218. The van der Waals surface area contributed by atoms with E-state index in [1.165, 1.54) is 6.42 Å². The van der Waals surface area contributed by atoms with E-state index in [9.17, 15) is 9.59 Å². The average Bonchev–Trinajstić information content (AvgIpc) is 2.89. The first-order valence-electron chi connectivity index (χ1n) is 13.3. The van der Waals surface area contributed by atoms with Crippen molar-refractivity contribution >= 4 is 29.3 Å². The lowest BCUT2D eigenvalue weighted by Crippen LogP contribution is -2.36. The van der Waals surface area contributed by atoms with Crippen LogP contribution in [0.15, 0.2) is 30.5 Å². The van der Waals surface area contributed by atoms with E-state index in [2.05, 4.69) is 25.9 Å². The van der Waals surface area contributed by atoms with Crippen molar-refractivity contribution in [2.45, 2.75) is 77.3 Å². The summed E-state index contributed by atoms with van der Waals surface area (Å²) in [6, 6.07) is 8.08. The van der Waals surface area contributed by atoms with Crippen LogP contribution in [0.3, 0.4) is 0 Å². The molecular formula is C28H40N6O2. The van der Waals surface area contributed by atoms with Gasteiger partial charge in [0.25, 0.3) is 0 Å². The van der Waals surface area contributed by atoms with Gasteiger partial charge in [0.2, 0.25) is 17.8 Å². The number of carbonyl (C=O) groups excluding carboxylic acids is 2. The molecule has 0 saturated heterocycles. The van der Waals surface area contributed by atoms with Gasteiger partial charge in [-0.25, -0.2) is 4.98 Å². The summed E-state index contributed by atoms with van der Waals surface area (Å²) in [6.45, 7) is 2.47. The molecule has 8 nitrogen and oxygen atoms in total. The van der Waals surface area contributed by atoms with Crippen molar-refractivity contribution in [1.82, 2.24) is 15.3 Å². The van der Waals surface area contributed by atoms with Gasteiger partial charge in [-0.15, -0.1) is 0 Å². The second-order valence-corrected chi connectivity index (χ2v) is 10.5. The van der Waals surface area contributed by atoms with Gasteiger partial charge in [-0.1, -0.05) is 31.4 Å². The van der Waals surface area contributed by atoms with Crippen molar-refractivity contribution in [3.63, 3.8) is 0 Å². The van der Waals surface area contributed by atoms with E-state index < -0.39 is 0 Å². The van der Waals surface area contributed by atoms with Crippen LogP contribution in [0.25, 0.3) is 0 Å². The fraction of sp³-hybridized carbons (Fsp3) is 0.571. The van der Waals surface area contributed by atoms with Crippen molar-refractivity contribution in [3.05, 3.63) is 41.6 Å². The highest BCUT2D eigenvalue weighted by Crippen LogP contribution is 2.27. The van der Waals surface area contributed by atoms with Crippen LogP contribution in [-0.4, -0.2) is 41.9 Å². The second kappa shape index (κ2) is 12.2. The van der Waals surface area contributed by atoms with Gasteiger partial charge in [-0.05, 0) is 63.1 Å². The summed E-state index contributed by atoms with van der Waals surface area (Å²) in [7, 11) is 3.96. The van der Waals surface area contributed by atoms with E-state index >= 15 is 0 Å². The zero-order valence-corrected chi connectivity index (χ0v) is 21.8. The topological polar surface area (TPSA) is 99.2 Å². The van der Waals surface area contributed by atoms with Crippen LogP contribution in [0.5, 0.6) is 0 Å². The lowest BCUT2D eigenvalue weighted by atomic mass is 9.85. The number of nitrogens with one attached hydrogen (secondary N) is 3. The number of hydrogen-bond donors (Lipinski definition) is 3. The molecule has 0 radical (unpaired) electrons. The van der Waals surface area contributed by atoms with Crippen molar-refractivity contribution < 1.29 is 9.59 Å². The van der Waals surface area contributed by atoms with E-state index in [-0.39, 0.29) is 29.7 Å². The lowest BCUT2D eigenvalue weighted by molar-refractivity contribution is -0.126. The summed E-state index contributed by atoms with van der Waals surface area (Å²) >= 11 is 0. The predicted molar refractivity (Wildman–Crippen MR) is 144 cm³/mol. The summed E-state index contributed by atoms with van der Waals surface area (Å²) in [6.07, 6.45) is 10.8. The zero-order chi connectivity index (χ0) is 25.5. The lowest BCUT2D eigenvalue weighted by Gasteiger charge is -2.28. The number of nitrogens with zero attached hydrogens (tertiary/aromatic N) is 3. The van der Waals surface area contributed by atoms with Crippen LogP contribution in [0.1, 0.15) is 68.9 Å². The number of benzene rings is 1. The Balaban J connectivity index is 1.22. The molecule has 2 aliphatic carbocycles. The maximum absolute atomic E-state index is 12.8. The number of carbonyl (C=O) groups is 2. The Morgan fingerprint density at radius 1 is 0.972 bits per heavy atom. The molecule has 1 aromatic heterocycles. The molecule has 0 atom stereocenters. The fourth-order valence-electron chi connectivity index (χ4n) is 5.34. The number of aryl methyl sites for hydroxylation is 1. The Morgan fingerprint density at radius 2 is 1.69 bits per heavy atom.